The van der Waals surface area contributed by atoms with Crippen LogP contribution in [0.3, 0.4) is 0 Å². The highest BCUT2D eigenvalue weighted by Gasteiger charge is 2.35. The molecule has 31 heavy (non-hydrogen) atoms. The number of nitrogens with one attached hydrogen (secondary N) is 1. The van der Waals surface area contributed by atoms with Gasteiger partial charge in [-0.05, 0) is 57.9 Å². The third kappa shape index (κ3) is 4.45. The number of nitrogens with two attached hydrogens (primary N) is 1. The van der Waals surface area contributed by atoms with Gasteiger partial charge in [-0.1, -0.05) is 29.8 Å². The van der Waals surface area contributed by atoms with E-state index < -0.39 is 5.60 Å². The largest absolute Gasteiger partial charge is 0.463 e. The van der Waals surface area contributed by atoms with Crippen LogP contribution in [0.15, 0.2) is 47.2 Å². The van der Waals surface area contributed by atoms with Crippen LogP contribution >= 0.6 is 0 Å². The van der Waals surface area contributed by atoms with E-state index in [1.807, 2.05) is 20.8 Å². The molecule has 4 rings (SSSR count). The van der Waals surface area contributed by atoms with Crippen LogP contribution in [0.25, 0.3) is 0 Å². The van der Waals surface area contributed by atoms with Gasteiger partial charge in [-0.25, -0.2) is 9.98 Å². The minimum absolute atomic E-state index is 0.0194. The van der Waals surface area contributed by atoms with Gasteiger partial charge in [0.1, 0.15) is 11.9 Å². The number of fused-ring (bicyclic) bond motifs is 1. The number of carbonyl (C=O) groups excluding carboxylic acids is 1. The SMILES string of the molecule is CCNC(=O)C=C1CCC(c2ccc(C3=Nc4c(N)ncnc4OC3(C)C)cc2)CC1. The molecule has 1 aromatic carbocycles. The van der Waals surface area contributed by atoms with Crippen molar-refractivity contribution in [3.8, 4) is 5.88 Å². The summed E-state index contributed by atoms with van der Waals surface area (Å²) in [7, 11) is 0. The molecule has 3 N–H and O–H groups in total. The predicted octanol–water partition coefficient (Wildman–Crippen LogP) is 4.07. The number of hydrogen-bond donors (Lipinski definition) is 2. The Kier molecular flexibility index (Phi) is 5.76. The van der Waals surface area contributed by atoms with Crippen molar-refractivity contribution in [1.82, 2.24) is 15.3 Å². The zero-order valence-corrected chi connectivity index (χ0v) is 18.3. The number of rotatable bonds is 4. The number of carbonyl (C=O) groups is 1. The number of benzene rings is 1. The highest BCUT2D eigenvalue weighted by Crippen LogP contribution is 2.39. The molecule has 1 aliphatic carbocycles. The molecule has 0 radical (unpaired) electrons. The van der Waals surface area contributed by atoms with Gasteiger partial charge >= 0.3 is 0 Å². The maximum absolute atomic E-state index is 11.8. The molecule has 1 aliphatic heterocycles. The van der Waals surface area contributed by atoms with Crippen molar-refractivity contribution in [1.29, 1.82) is 0 Å². The lowest BCUT2D eigenvalue weighted by Gasteiger charge is -2.32. The van der Waals surface area contributed by atoms with Crippen LogP contribution in [0.5, 0.6) is 5.88 Å². The molecular formula is C24H29N5O2. The fourth-order valence-electron chi connectivity index (χ4n) is 4.29. The van der Waals surface area contributed by atoms with Crippen LogP contribution in [-0.2, 0) is 4.79 Å². The van der Waals surface area contributed by atoms with Crippen molar-refractivity contribution >= 4 is 23.1 Å². The predicted molar refractivity (Wildman–Crippen MR) is 122 cm³/mol. The van der Waals surface area contributed by atoms with Crippen LogP contribution in [-0.4, -0.2) is 33.7 Å². The van der Waals surface area contributed by atoms with E-state index in [1.54, 1.807) is 6.08 Å². The summed E-state index contributed by atoms with van der Waals surface area (Å²) in [4.78, 5) is 24.7. The number of aromatic nitrogens is 2. The van der Waals surface area contributed by atoms with E-state index in [9.17, 15) is 4.79 Å². The number of nitrogens with zero attached hydrogens (tertiary/aromatic N) is 3. The number of hydrogen-bond acceptors (Lipinski definition) is 6. The van der Waals surface area contributed by atoms with Crippen LogP contribution in [0.2, 0.25) is 0 Å². The van der Waals surface area contributed by atoms with E-state index in [2.05, 4.69) is 39.6 Å². The average Bonchev–Trinajstić information content (AvgIpc) is 2.74. The smallest absolute Gasteiger partial charge is 0.246 e. The van der Waals surface area contributed by atoms with E-state index in [0.717, 1.165) is 37.0 Å². The first kappa shape index (κ1) is 21.0. The van der Waals surface area contributed by atoms with Gasteiger partial charge in [0.15, 0.2) is 11.5 Å². The van der Waals surface area contributed by atoms with E-state index in [4.69, 9.17) is 15.5 Å². The van der Waals surface area contributed by atoms with Crippen molar-refractivity contribution in [2.75, 3.05) is 12.3 Å². The molecule has 1 amide bonds. The van der Waals surface area contributed by atoms with Gasteiger partial charge in [-0.3, -0.25) is 4.79 Å². The molecule has 2 heterocycles. The van der Waals surface area contributed by atoms with Crippen LogP contribution in [0, 0.1) is 0 Å². The Balaban J connectivity index is 1.50. The number of amides is 1. The van der Waals surface area contributed by atoms with Gasteiger partial charge < -0.3 is 15.8 Å². The number of ether oxygens (including phenoxy) is 1. The first-order valence-electron chi connectivity index (χ1n) is 10.8. The van der Waals surface area contributed by atoms with Gasteiger partial charge in [-0.15, -0.1) is 0 Å². The molecule has 0 atom stereocenters. The molecule has 1 aromatic heterocycles. The quantitative estimate of drug-likeness (QED) is 0.727. The third-order valence-electron chi connectivity index (χ3n) is 5.93. The van der Waals surface area contributed by atoms with Gasteiger partial charge in [-0.2, -0.15) is 4.98 Å². The second-order valence-corrected chi connectivity index (χ2v) is 8.58. The van der Waals surface area contributed by atoms with Crippen molar-refractivity contribution in [2.45, 2.75) is 58.0 Å². The normalized spacial score (nSPS) is 19.6. The first-order valence-corrected chi connectivity index (χ1v) is 10.8. The molecule has 0 saturated heterocycles. The van der Waals surface area contributed by atoms with Crippen LogP contribution in [0.4, 0.5) is 11.5 Å². The highest BCUT2D eigenvalue weighted by atomic mass is 16.5. The minimum atomic E-state index is -0.626. The van der Waals surface area contributed by atoms with Crippen molar-refractivity contribution in [3.63, 3.8) is 0 Å². The van der Waals surface area contributed by atoms with E-state index in [0.29, 0.717) is 29.8 Å². The molecule has 0 spiro atoms. The Morgan fingerprint density at radius 3 is 2.61 bits per heavy atom. The zero-order chi connectivity index (χ0) is 22.0. The summed E-state index contributed by atoms with van der Waals surface area (Å²) in [6.45, 7) is 6.55. The maximum Gasteiger partial charge on any atom is 0.246 e. The average molecular weight is 420 g/mol. The van der Waals surface area contributed by atoms with Crippen molar-refractivity contribution in [2.24, 2.45) is 4.99 Å². The molecule has 1 saturated carbocycles. The van der Waals surface area contributed by atoms with Crippen molar-refractivity contribution in [3.05, 3.63) is 53.4 Å². The second-order valence-electron chi connectivity index (χ2n) is 8.58. The van der Waals surface area contributed by atoms with Gasteiger partial charge in [0.2, 0.25) is 11.8 Å². The Morgan fingerprint density at radius 1 is 1.23 bits per heavy atom. The maximum atomic E-state index is 11.8. The van der Waals surface area contributed by atoms with Crippen molar-refractivity contribution < 1.29 is 9.53 Å². The molecule has 7 heteroatoms. The van der Waals surface area contributed by atoms with E-state index >= 15 is 0 Å². The van der Waals surface area contributed by atoms with Gasteiger partial charge in [0, 0.05) is 18.2 Å². The number of aliphatic imine (C=N–C) groups is 1. The topological polar surface area (TPSA) is 102 Å². The number of anilines is 1. The number of nitrogen functional groups attached to an aromatic ring is 1. The molecule has 162 valence electrons. The first-order chi connectivity index (χ1) is 14.9. The third-order valence-corrected chi connectivity index (χ3v) is 5.93. The summed E-state index contributed by atoms with van der Waals surface area (Å²) >= 11 is 0. The van der Waals surface area contributed by atoms with E-state index in [-0.39, 0.29) is 5.91 Å². The summed E-state index contributed by atoms with van der Waals surface area (Å²) in [6.07, 6.45) is 7.21. The molecule has 7 nitrogen and oxygen atoms in total. The summed E-state index contributed by atoms with van der Waals surface area (Å²) in [6, 6.07) is 8.56. The Hall–Kier alpha value is -3.22. The highest BCUT2D eigenvalue weighted by molar-refractivity contribution is 6.09. The molecule has 0 unspecified atom stereocenters. The van der Waals surface area contributed by atoms with Crippen LogP contribution in [0.1, 0.15) is 63.5 Å². The molecule has 2 aromatic rings. The van der Waals surface area contributed by atoms with E-state index in [1.165, 1.54) is 17.5 Å². The Morgan fingerprint density at radius 2 is 1.94 bits per heavy atom. The number of allylic oxidation sites excluding steroid dienone is 1. The second kappa shape index (κ2) is 8.49. The zero-order valence-electron chi connectivity index (χ0n) is 18.3. The summed E-state index contributed by atoms with van der Waals surface area (Å²) < 4.78 is 6.07. The summed E-state index contributed by atoms with van der Waals surface area (Å²) in [5, 5.41) is 2.84. The molecule has 0 bridgehead atoms. The Labute approximate surface area is 182 Å². The lowest BCUT2D eigenvalue weighted by molar-refractivity contribution is -0.116. The molecular weight excluding hydrogens is 390 g/mol. The Bertz CT molecular complexity index is 1030. The fourth-order valence-corrected chi connectivity index (χ4v) is 4.29. The minimum Gasteiger partial charge on any atom is -0.463 e. The monoisotopic (exact) mass is 419 g/mol. The fraction of sp³-hybridized carbons (Fsp3) is 0.417. The van der Waals surface area contributed by atoms with Crippen LogP contribution < -0.4 is 15.8 Å². The summed E-state index contributed by atoms with van der Waals surface area (Å²) in [5.41, 5.74) is 10.2. The lowest BCUT2D eigenvalue weighted by Crippen LogP contribution is -2.41. The lowest BCUT2D eigenvalue weighted by atomic mass is 9.81. The van der Waals surface area contributed by atoms with Gasteiger partial charge in [0.25, 0.3) is 0 Å². The van der Waals surface area contributed by atoms with Gasteiger partial charge in [0.05, 0.1) is 5.71 Å². The summed E-state index contributed by atoms with van der Waals surface area (Å²) in [5.74, 6) is 1.25. The standard InChI is InChI=1S/C24H29N5O2/c1-4-26-19(30)13-15-5-7-16(8-6-15)17-9-11-18(12-10-17)21-24(2,3)31-23-20(29-21)22(25)27-14-28-23/h9-14,16H,4-8H2,1-3H3,(H,26,30)(H2,25,27,28). The molecule has 1 fully saturated rings. The number of likely N-dealkylation sites (N-methyl/N-ethyl adjacent to an activating group) is 1. The molecule has 2 aliphatic rings.